The Labute approximate surface area is 98.0 Å². The van der Waals surface area contributed by atoms with E-state index in [4.69, 9.17) is 4.42 Å². The molecule has 16 heavy (non-hydrogen) atoms. The van der Waals surface area contributed by atoms with E-state index in [1.807, 2.05) is 18.2 Å². The molecule has 0 N–H and O–H groups in total. The zero-order chi connectivity index (χ0) is 10.8. The third kappa shape index (κ3) is 1.57. The van der Waals surface area contributed by atoms with Gasteiger partial charge in [-0.25, -0.2) is 0 Å². The maximum atomic E-state index is 5.45. The summed E-state index contributed by atoms with van der Waals surface area (Å²) >= 11 is 1.70. The summed E-state index contributed by atoms with van der Waals surface area (Å²) in [5.41, 5.74) is 3.64. The van der Waals surface area contributed by atoms with Crippen LogP contribution in [0.5, 0.6) is 0 Å². The summed E-state index contributed by atoms with van der Waals surface area (Å²) in [6, 6.07) is 14.3. The Bertz CT molecular complexity index is 564. The molecule has 0 amide bonds. The van der Waals surface area contributed by atoms with Crippen LogP contribution in [0.3, 0.4) is 0 Å². The normalized spacial score (nSPS) is 10.5. The highest BCUT2D eigenvalue weighted by Crippen LogP contribution is 2.35. The van der Waals surface area contributed by atoms with E-state index in [-0.39, 0.29) is 0 Å². The Kier molecular flexibility index (Phi) is 2.35. The summed E-state index contributed by atoms with van der Waals surface area (Å²) in [5, 5.41) is 4.29. The van der Waals surface area contributed by atoms with Crippen LogP contribution in [-0.2, 0) is 0 Å². The molecule has 78 valence electrons. The monoisotopic (exact) mass is 226 g/mol. The van der Waals surface area contributed by atoms with Crippen molar-refractivity contribution in [3.8, 4) is 22.5 Å². The second-order valence-corrected chi connectivity index (χ2v) is 4.29. The first kappa shape index (κ1) is 9.43. The van der Waals surface area contributed by atoms with Crippen LogP contribution in [0.25, 0.3) is 22.5 Å². The van der Waals surface area contributed by atoms with Gasteiger partial charge in [-0.15, -0.1) is 0 Å². The molecule has 0 fully saturated rings. The standard InChI is InChI=1S/C14H10OS/c1-2-5-11(6-3-1)12-9-16-10-13(12)14-7-4-8-15-14/h1-10H. The second kappa shape index (κ2) is 3.99. The van der Waals surface area contributed by atoms with E-state index in [2.05, 4.69) is 35.0 Å². The Hall–Kier alpha value is -1.80. The lowest BCUT2D eigenvalue weighted by Crippen LogP contribution is -1.76. The van der Waals surface area contributed by atoms with Gasteiger partial charge in [0.1, 0.15) is 5.76 Å². The zero-order valence-electron chi connectivity index (χ0n) is 8.59. The predicted molar refractivity (Wildman–Crippen MR) is 67.5 cm³/mol. The zero-order valence-corrected chi connectivity index (χ0v) is 9.41. The van der Waals surface area contributed by atoms with E-state index in [1.54, 1.807) is 17.6 Å². The highest BCUT2D eigenvalue weighted by Gasteiger charge is 2.09. The van der Waals surface area contributed by atoms with Crippen molar-refractivity contribution >= 4 is 11.3 Å². The van der Waals surface area contributed by atoms with Crippen LogP contribution in [-0.4, -0.2) is 0 Å². The minimum absolute atomic E-state index is 0.931. The summed E-state index contributed by atoms with van der Waals surface area (Å²) in [6.45, 7) is 0. The fourth-order valence-corrected chi connectivity index (χ4v) is 2.61. The molecule has 2 aromatic heterocycles. The number of hydrogen-bond acceptors (Lipinski definition) is 2. The molecule has 1 aromatic carbocycles. The van der Waals surface area contributed by atoms with Gasteiger partial charge in [0, 0.05) is 16.5 Å². The van der Waals surface area contributed by atoms with E-state index >= 15 is 0 Å². The van der Waals surface area contributed by atoms with Crippen LogP contribution in [0.2, 0.25) is 0 Å². The first-order chi connectivity index (χ1) is 7.95. The Morgan fingerprint density at radius 1 is 0.812 bits per heavy atom. The summed E-state index contributed by atoms with van der Waals surface area (Å²) in [4.78, 5) is 0. The van der Waals surface area contributed by atoms with Crippen LogP contribution in [0.1, 0.15) is 0 Å². The molecule has 0 saturated carbocycles. The highest BCUT2D eigenvalue weighted by atomic mass is 32.1. The van der Waals surface area contributed by atoms with Crippen LogP contribution < -0.4 is 0 Å². The van der Waals surface area contributed by atoms with E-state index in [0.29, 0.717) is 0 Å². The SMILES string of the molecule is c1ccc(-c2cscc2-c2ccco2)cc1. The Morgan fingerprint density at radius 3 is 2.38 bits per heavy atom. The first-order valence-electron chi connectivity index (χ1n) is 5.10. The number of furan rings is 1. The van der Waals surface area contributed by atoms with Crippen LogP contribution in [0, 0.1) is 0 Å². The lowest BCUT2D eigenvalue weighted by molar-refractivity contribution is 0.583. The Balaban J connectivity index is 2.14. The van der Waals surface area contributed by atoms with Gasteiger partial charge in [0.2, 0.25) is 0 Å². The molecule has 0 unspecified atom stereocenters. The molecule has 0 aliphatic heterocycles. The van der Waals surface area contributed by atoms with Gasteiger partial charge < -0.3 is 4.42 Å². The van der Waals surface area contributed by atoms with Gasteiger partial charge in [0.05, 0.1) is 6.26 Å². The van der Waals surface area contributed by atoms with Crippen molar-refractivity contribution in [1.29, 1.82) is 0 Å². The third-order valence-electron chi connectivity index (χ3n) is 2.53. The van der Waals surface area contributed by atoms with Crippen molar-refractivity contribution in [3.63, 3.8) is 0 Å². The number of hydrogen-bond donors (Lipinski definition) is 0. The highest BCUT2D eigenvalue weighted by molar-refractivity contribution is 7.08. The molecule has 0 atom stereocenters. The molecule has 0 saturated heterocycles. The van der Waals surface area contributed by atoms with E-state index in [1.165, 1.54) is 16.7 Å². The van der Waals surface area contributed by atoms with E-state index in [9.17, 15) is 0 Å². The van der Waals surface area contributed by atoms with Crippen LogP contribution >= 0.6 is 11.3 Å². The fourth-order valence-electron chi connectivity index (χ4n) is 1.76. The second-order valence-electron chi connectivity index (χ2n) is 3.54. The molecule has 2 heteroatoms. The molecule has 3 rings (SSSR count). The lowest BCUT2D eigenvalue weighted by atomic mass is 10.0. The van der Waals surface area contributed by atoms with Crippen LogP contribution in [0.15, 0.2) is 63.9 Å². The average Bonchev–Trinajstić information content (AvgIpc) is 3.01. The van der Waals surface area contributed by atoms with Gasteiger partial charge in [0.25, 0.3) is 0 Å². The smallest absolute Gasteiger partial charge is 0.135 e. The molecule has 2 heterocycles. The summed E-state index contributed by atoms with van der Waals surface area (Å²) in [5.74, 6) is 0.931. The van der Waals surface area contributed by atoms with Gasteiger partial charge in [-0.05, 0) is 23.1 Å². The van der Waals surface area contributed by atoms with Crippen molar-refractivity contribution in [3.05, 3.63) is 59.5 Å². The average molecular weight is 226 g/mol. The molecule has 3 aromatic rings. The summed E-state index contributed by atoms with van der Waals surface area (Å²) < 4.78 is 5.45. The van der Waals surface area contributed by atoms with Crippen molar-refractivity contribution in [1.82, 2.24) is 0 Å². The quantitative estimate of drug-likeness (QED) is 0.618. The molecule has 0 radical (unpaired) electrons. The van der Waals surface area contributed by atoms with Crippen LogP contribution in [0.4, 0.5) is 0 Å². The molecular formula is C14H10OS. The maximum Gasteiger partial charge on any atom is 0.135 e. The number of benzene rings is 1. The molecule has 0 spiro atoms. The van der Waals surface area contributed by atoms with E-state index in [0.717, 1.165) is 5.76 Å². The minimum atomic E-state index is 0.931. The van der Waals surface area contributed by atoms with Gasteiger partial charge >= 0.3 is 0 Å². The fraction of sp³-hybridized carbons (Fsp3) is 0. The predicted octanol–water partition coefficient (Wildman–Crippen LogP) is 4.68. The molecule has 0 bridgehead atoms. The van der Waals surface area contributed by atoms with Gasteiger partial charge in [0.15, 0.2) is 0 Å². The van der Waals surface area contributed by atoms with Gasteiger partial charge in [-0.1, -0.05) is 30.3 Å². The topological polar surface area (TPSA) is 13.1 Å². The number of rotatable bonds is 2. The maximum absolute atomic E-state index is 5.45. The van der Waals surface area contributed by atoms with E-state index < -0.39 is 0 Å². The number of thiophene rings is 1. The minimum Gasteiger partial charge on any atom is -0.464 e. The van der Waals surface area contributed by atoms with Gasteiger partial charge in [-0.3, -0.25) is 0 Å². The molecule has 0 aliphatic rings. The molecule has 0 aliphatic carbocycles. The third-order valence-corrected chi connectivity index (χ3v) is 3.28. The first-order valence-corrected chi connectivity index (χ1v) is 6.05. The summed E-state index contributed by atoms with van der Waals surface area (Å²) in [6.07, 6.45) is 1.71. The van der Waals surface area contributed by atoms with Crippen molar-refractivity contribution in [2.45, 2.75) is 0 Å². The molecule has 1 nitrogen and oxygen atoms in total. The molecular weight excluding hydrogens is 216 g/mol. The Morgan fingerprint density at radius 2 is 1.62 bits per heavy atom. The van der Waals surface area contributed by atoms with Gasteiger partial charge in [-0.2, -0.15) is 11.3 Å². The largest absolute Gasteiger partial charge is 0.464 e. The lowest BCUT2D eigenvalue weighted by Gasteiger charge is -2.01. The summed E-state index contributed by atoms with van der Waals surface area (Å²) in [7, 11) is 0. The van der Waals surface area contributed by atoms with Crippen molar-refractivity contribution in [2.75, 3.05) is 0 Å². The van der Waals surface area contributed by atoms with Crippen molar-refractivity contribution < 1.29 is 4.42 Å². The van der Waals surface area contributed by atoms with Crippen molar-refractivity contribution in [2.24, 2.45) is 0 Å².